The van der Waals surface area contributed by atoms with Crippen LogP contribution in [0.25, 0.3) is 5.57 Å². The predicted molar refractivity (Wildman–Crippen MR) is 55.1 cm³/mol. The summed E-state index contributed by atoms with van der Waals surface area (Å²) in [5.74, 6) is 0. The van der Waals surface area contributed by atoms with Crippen LogP contribution in [0.3, 0.4) is 0 Å². The predicted octanol–water partition coefficient (Wildman–Crippen LogP) is 1.94. The zero-order valence-electron chi connectivity index (χ0n) is 7.21. The molecule has 1 aromatic heterocycles. The zero-order valence-corrected chi connectivity index (χ0v) is 7.97. The Bertz CT molecular complexity index is 333. The van der Waals surface area contributed by atoms with Gasteiger partial charge in [-0.15, -0.1) is 0 Å². The normalized spacial score (nSPS) is 11.1. The van der Waals surface area contributed by atoms with Crippen molar-refractivity contribution >= 4 is 23.4 Å². The molecule has 68 valence electrons. The van der Waals surface area contributed by atoms with Crippen LogP contribution in [-0.4, -0.2) is 18.2 Å². The van der Waals surface area contributed by atoms with Crippen molar-refractivity contribution in [1.29, 1.82) is 5.41 Å². The standard InChI is InChI=1S/C9H10ClN3/c1-12-6-7(5-11)9-8(10)3-2-4-13-9/h2-6,11-12H,1H3/b7-6+,11-5?. The van der Waals surface area contributed by atoms with Crippen molar-refractivity contribution in [3.05, 3.63) is 35.2 Å². The van der Waals surface area contributed by atoms with E-state index in [0.717, 1.165) is 0 Å². The van der Waals surface area contributed by atoms with Crippen molar-refractivity contribution in [1.82, 2.24) is 10.3 Å². The fourth-order valence-corrected chi connectivity index (χ4v) is 1.16. The molecule has 0 unspecified atom stereocenters. The van der Waals surface area contributed by atoms with Gasteiger partial charge in [0.2, 0.25) is 0 Å². The summed E-state index contributed by atoms with van der Waals surface area (Å²) in [4.78, 5) is 4.08. The quantitative estimate of drug-likeness (QED) is 0.725. The molecule has 0 radical (unpaired) electrons. The van der Waals surface area contributed by atoms with Crippen LogP contribution in [0, 0.1) is 5.41 Å². The van der Waals surface area contributed by atoms with E-state index in [-0.39, 0.29) is 0 Å². The molecule has 13 heavy (non-hydrogen) atoms. The van der Waals surface area contributed by atoms with Crippen molar-refractivity contribution in [3.8, 4) is 0 Å². The minimum atomic E-state index is 0.549. The lowest BCUT2D eigenvalue weighted by atomic mass is 10.2. The van der Waals surface area contributed by atoms with E-state index in [1.807, 2.05) is 0 Å². The van der Waals surface area contributed by atoms with E-state index in [9.17, 15) is 0 Å². The first-order chi connectivity index (χ1) is 6.29. The maximum absolute atomic E-state index is 7.17. The number of nitrogens with zero attached hydrogens (tertiary/aromatic N) is 1. The molecular weight excluding hydrogens is 186 g/mol. The Hall–Kier alpha value is -1.35. The summed E-state index contributed by atoms with van der Waals surface area (Å²) < 4.78 is 0. The summed E-state index contributed by atoms with van der Waals surface area (Å²) in [6, 6.07) is 3.50. The van der Waals surface area contributed by atoms with Gasteiger partial charge in [0.1, 0.15) is 0 Å². The highest BCUT2D eigenvalue weighted by Gasteiger charge is 2.03. The van der Waals surface area contributed by atoms with Crippen LogP contribution in [0.1, 0.15) is 5.69 Å². The Labute approximate surface area is 82.0 Å². The molecule has 0 aliphatic rings. The van der Waals surface area contributed by atoms with Crippen molar-refractivity contribution in [2.45, 2.75) is 0 Å². The van der Waals surface area contributed by atoms with Crippen LogP contribution in [0.15, 0.2) is 24.5 Å². The highest BCUT2D eigenvalue weighted by Crippen LogP contribution is 2.18. The first-order valence-electron chi connectivity index (χ1n) is 3.78. The second-order valence-corrected chi connectivity index (χ2v) is 2.77. The van der Waals surface area contributed by atoms with Crippen molar-refractivity contribution in [2.75, 3.05) is 7.05 Å². The van der Waals surface area contributed by atoms with Crippen LogP contribution in [0.4, 0.5) is 0 Å². The Kier molecular flexibility index (Phi) is 3.46. The Morgan fingerprint density at radius 2 is 2.46 bits per heavy atom. The summed E-state index contributed by atoms with van der Waals surface area (Å²) in [5, 5.41) is 10.5. The number of aromatic nitrogens is 1. The molecule has 0 saturated carbocycles. The van der Waals surface area contributed by atoms with Crippen LogP contribution in [0.5, 0.6) is 0 Å². The molecule has 3 nitrogen and oxygen atoms in total. The number of hydrogen-bond donors (Lipinski definition) is 2. The van der Waals surface area contributed by atoms with E-state index in [0.29, 0.717) is 16.3 Å². The van der Waals surface area contributed by atoms with Crippen molar-refractivity contribution in [3.63, 3.8) is 0 Å². The number of pyridine rings is 1. The van der Waals surface area contributed by atoms with Crippen molar-refractivity contribution < 1.29 is 0 Å². The summed E-state index contributed by atoms with van der Waals surface area (Å²) >= 11 is 5.90. The van der Waals surface area contributed by atoms with Gasteiger partial charge in [0.05, 0.1) is 10.7 Å². The lowest BCUT2D eigenvalue weighted by Gasteiger charge is -2.02. The van der Waals surface area contributed by atoms with E-state index in [1.54, 1.807) is 31.6 Å². The van der Waals surface area contributed by atoms with Gasteiger partial charge in [0, 0.05) is 31.2 Å². The lowest BCUT2D eigenvalue weighted by molar-refractivity contribution is 1.10. The van der Waals surface area contributed by atoms with Gasteiger partial charge in [-0.3, -0.25) is 4.98 Å². The molecule has 0 spiro atoms. The number of hydrogen-bond acceptors (Lipinski definition) is 3. The molecule has 0 aromatic carbocycles. The first kappa shape index (κ1) is 9.74. The van der Waals surface area contributed by atoms with E-state index in [2.05, 4.69) is 10.3 Å². The van der Waals surface area contributed by atoms with E-state index in [4.69, 9.17) is 17.0 Å². The maximum atomic E-state index is 7.17. The minimum absolute atomic E-state index is 0.549. The minimum Gasteiger partial charge on any atom is -0.393 e. The van der Waals surface area contributed by atoms with Gasteiger partial charge >= 0.3 is 0 Å². The highest BCUT2D eigenvalue weighted by atomic mass is 35.5. The van der Waals surface area contributed by atoms with Gasteiger partial charge in [-0.25, -0.2) is 0 Å². The lowest BCUT2D eigenvalue weighted by Crippen LogP contribution is -1.99. The number of allylic oxidation sites excluding steroid dienone is 1. The Balaban J connectivity index is 3.12. The zero-order chi connectivity index (χ0) is 9.68. The Morgan fingerprint density at radius 3 is 3.00 bits per heavy atom. The molecule has 1 aromatic rings. The van der Waals surface area contributed by atoms with Crippen molar-refractivity contribution in [2.24, 2.45) is 0 Å². The average Bonchev–Trinajstić information content (AvgIpc) is 2.16. The number of halogens is 1. The number of rotatable bonds is 3. The third-order valence-corrected chi connectivity index (χ3v) is 1.79. The molecule has 0 fully saturated rings. The topological polar surface area (TPSA) is 48.8 Å². The molecule has 2 N–H and O–H groups in total. The van der Waals surface area contributed by atoms with Gasteiger partial charge in [-0.05, 0) is 12.1 Å². The molecule has 0 aliphatic carbocycles. The second-order valence-electron chi connectivity index (χ2n) is 2.37. The van der Waals surface area contributed by atoms with Gasteiger partial charge < -0.3 is 10.7 Å². The van der Waals surface area contributed by atoms with Gasteiger partial charge in [0.25, 0.3) is 0 Å². The van der Waals surface area contributed by atoms with Crippen LogP contribution in [-0.2, 0) is 0 Å². The molecule has 1 heterocycles. The maximum Gasteiger partial charge on any atom is 0.0917 e. The molecule has 1 rings (SSSR count). The third kappa shape index (κ3) is 2.29. The third-order valence-electron chi connectivity index (χ3n) is 1.49. The van der Waals surface area contributed by atoms with E-state index < -0.39 is 0 Å². The van der Waals surface area contributed by atoms with Crippen LogP contribution >= 0.6 is 11.6 Å². The van der Waals surface area contributed by atoms with E-state index >= 15 is 0 Å². The highest BCUT2D eigenvalue weighted by molar-refractivity contribution is 6.33. The smallest absolute Gasteiger partial charge is 0.0917 e. The fourth-order valence-electron chi connectivity index (χ4n) is 0.932. The molecule has 4 heteroatoms. The summed E-state index contributed by atoms with van der Waals surface area (Å²) in [7, 11) is 1.76. The SMILES string of the molecule is CN/C=C(\C=N)c1ncccc1Cl. The fraction of sp³-hybridized carbons (Fsp3) is 0.111. The van der Waals surface area contributed by atoms with Gasteiger partial charge in [0.15, 0.2) is 0 Å². The molecule has 0 saturated heterocycles. The number of nitrogens with one attached hydrogen (secondary N) is 2. The van der Waals surface area contributed by atoms with E-state index in [1.165, 1.54) is 6.21 Å². The second kappa shape index (κ2) is 4.62. The summed E-state index contributed by atoms with van der Waals surface area (Å²) in [5.41, 5.74) is 1.28. The largest absolute Gasteiger partial charge is 0.393 e. The van der Waals surface area contributed by atoms with Gasteiger partial charge in [-0.1, -0.05) is 11.6 Å². The van der Waals surface area contributed by atoms with Crippen LogP contribution < -0.4 is 5.32 Å². The molecule has 0 aliphatic heterocycles. The van der Waals surface area contributed by atoms with Crippen LogP contribution in [0.2, 0.25) is 5.02 Å². The Morgan fingerprint density at radius 1 is 1.69 bits per heavy atom. The molecular formula is C9H10ClN3. The first-order valence-corrected chi connectivity index (χ1v) is 4.16. The molecule has 0 bridgehead atoms. The summed E-state index contributed by atoms with van der Waals surface area (Å²) in [6.07, 6.45) is 4.54. The molecule has 0 amide bonds. The average molecular weight is 196 g/mol. The summed E-state index contributed by atoms with van der Waals surface area (Å²) in [6.45, 7) is 0. The molecule has 0 atom stereocenters. The monoisotopic (exact) mass is 195 g/mol. The van der Waals surface area contributed by atoms with Gasteiger partial charge in [-0.2, -0.15) is 0 Å².